The number of ether oxygens (including phenoxy) is 1. The fourth-order valence-corrected chi connectivity index (χ4v) is 3.46. The second-order valence-electron chi connectivity index (χ2n) is 7.72. The zero-order chi connectivity index (χ0) is 20.9. The predicted molar refractivity (Wildman–Crippen MR) is 127 cm³/mol. The van der Waals surface area contributed by atoms with Crippen LogP contribution in [0, 0.1) is 12.7 Å². The van der Waals surface area contributed by atoms with Crippen molar-refractivity contribution in [1.82, 2.24) is 15.5 Å². The largest absolute Gasteiger partial charge is 0.459 e. The Labute approximate surface area is 194 Å². The van der Waals surface area contributed by atoms with E-state index in [4.69, 9.17) is 9.15 Å². The van der Waals surface area contributed by atoms with Crippen LogP contribution in [0.2, 0.25) is 0 Å². The van der Waals surface area contributed by atoms with E-state index in [0.717, 1.165) is 24.0 Å². The number of nitrogens with zero attached hydrogens (tertiary/aromatic N) is 2. The summed E-state index contributed by atoms with van der Waals surface area (Å²) in [4.78, 5) is 6.77. The molecule has 1 aromatic carbocycles. The van der Waals surface area contributed by atoms with Gasteiger partial charge < -0.3 is 24.9 Å². The molecule has 2 aromatic rings. The first-order chi connectivity index (χ1) is 13.9. The van der Waals surface area contributed by atoms with Crippen LogP contribution in [0.3, 0.4) is 0 Å². The van der Waals surface area contributed by atoms with Crippen molar-refractivity contribution in [3.8, 4) is 0 Å². The predicted octanol–water partition coefficient (Wildman–Crippen LogP) is 2.64. The summed E-state index contributed by atoms with van der Waals surface area (Å²) in [6.45, 7) is 10.7. The highest BCUT2D eigenvalue weighted by Crippen LogP contribution is 2.26. The van der Waals surface area contributed by atoms with Crippen molar-refractivity contribution in [2.75, 3.05) is 45.9 Å². The number of aliphatic hydroxyl groups is 1. The molecular weight excluding hydrogens is 502 g/mol. The lowest BCUT2D eigenvalue weighted by molar-refractivity contribution is -0.0201. The number of rotatable bonds is 7. The maximum absolute atomic E-state index is 13.5. The summed E-state index contributed by atoms with van der Waals surface area (Å²) >= 11 is 0. The number of furan rings is 1. The number of benzene rings is 1. The van der Waals surface area contributed by atoms with Crippen molar-refractivity contribution in [1.29, 1.82) is 0 Å². The molecule has 168 valence electrons. The van der Waals surface area contributed by atoms with Gasteiger partial charge in [-0.05, 0) is 39.0 Å². The van der Waals surface area contributed by atoms with Gasteiger partial charge in [0.2, 0.25) is 0 Å². The van der Waals surface area contributed by atoms with E-state index in [1.165, 1.54) is 12.1 Å². The smallest absolute Gasteiger partial charge is 0.191 e. The minimum absolute atomic E-state index is 0. The topological polar surface area (TPSA) is 82.3 Å². The molecule has 30 heavy (non-hydrogen) atoms. The van der Waals surface area contributed by atoms with Crippen molar-refractivity contribution in [3.63, 3.8) is 0 Å². The highest BCUT2D eigenvalue weighted by molar-refractivity contribution is 14.0. The zero-order valence-corrected chi connectivity index (χ0v) is 20.2. The normalized spacial score (nSPS) is 17.4. The van der Waals surface area contributed by atoms with E-state index in [9.17, 15) is 9.50 Å². The number of guanidine groups is 1. The van der Waals surface area contributed by atoms with E-state index in [1.807, 2.05) is 20.8 Å². The molecule has 1 fully saturated rings. The van der Waals surface area contributed by atoms with Crippen molar-refractivity contribution < 1.29 is 18.7 Å². The maximum Gasteiger partial charge on any atom is 0.191 e. The van der Waals surface area contributed by atoms with Crippen LogP contribution in [-0.2, 0) is 11.3 Å². The Morgan fingerprint density at radius 1 is 1.30 bits per heavy atom. The minimum atomic E-state index is -0.902. The molecule has 9 heteroatoms. The molecule has 1 aliphatic rings. The molecule has 1 atom stereocenters. The first-order valence-corrected chi connectivity index (χ1v) is 10.1. The number of β-amino-alcohol motifs (C(OH)–C–C–N with tert-alkyl or cyclic N) is 1. The fourth-order valence-electron chi connectivity index (χ4n) is 3.46. The Hall–Kier alpha value is -1.43. The standard InChI is InChI=1S/C21H31FN4O3.HI/c1-4-23-20(25-13-21(3,27)14-26-7-9-28-10-8-26)24-12-19-15(2)17-11-16(22)5-6-18(17)29-19;/h5-6,11,27H,4,7-10,12-14H2,1-3H3,(H2,23,24,25);1H. The Bertz CT molecular complexity index is 850. The first-order valence-electron chi connectivity index (χ1n) is 10.1. The van der Waals surface area contributed by atoms with Gasteiger partial charge in [-0.3, -0.25) is 4.90 Å². The quantitative estimate of drug-likeness (QED) is 0.288. The Balaban J connectivity index is 0.00000320. The summed E-state index contributed by atoms with van der Waals surface area (Å²) < 4.78 is 24.7. The third-order valence-corrected chi connectivity index (χ3v) is 5.03. The number of aryl methyl sites for hydroxylation is 1. The summed E-state index contributed by atoms with van der Waals surface area (Å²) in [7, 11) is 0. The molecule has 2 heterocycles. The number of aliphatic imine (C=N–C) groups is 1. The van der Waals surface area contributed by atoms with Crippen molar-refractivity contribution in [2.45, 2.75) is 32.9 Å². The van der Waals surface area contributed by atoms with Gasteiger partial charge in [-0.2, -0.15) is 0 Å². The van der Waals surface area contributed by atoms with Gasteiger partial charge in [0.1, 0.15) is 23.7 Å². The summed E-state index contributed by atoms with van der Waals surface area (Å²) in [5.74, 6) is 1.01. The third-order valence-electron chi connectivity index (χ3n) is 5.03. The average molecular weight is 534 g/mol. The Kier molecular flexibility index (Phi) is 9.32. The molecule has 0 radical (unpaired) electrons. The number of morpholine rings is 1. The Morgan fingerprint density at radius 3 is 2.73 bits per heavy atom. The summed E-state index contributed by atoms with van der Waals surface area (Å²) in [6.07, 6.45) is 0. The van der Waals surface area contributed by atoms with Gasteiger partial charge in [-0.25, -0.2) is 9.38 Å². The lowest BCUT2D eigenvalue weighted by atomic mass is 10.1. The van der Waals surface area contributed by atoms with Gasteiger partial charge >= 0.3 is 0 Å². The van der Waals surface area contributed by atoms with Crippen LogP contribution in [0.15, 0.2) is 27.6 Å². The second kappa shape index (κ2) is 11.3. The van der Waals surface area contributed by atoms with Gasteiger partial charge in [0, 0.05) is 43.7 Å². The van der Waals surface area contributed by atoms with Gasteiger partial charge in [0.15, 0.2) is 5.96 Å². The molecular formula is C21H32FIN4O3. The molecule has 3 N–H and O–H groups in total. The van der Waals surface area contributed by atoms with Gasteiger partial charge in [-0.15, -0.1) is 24.0 Å². The SMILES string of the molecule is CCNC(=NCc1oc2ccc(F)cc2c1C)NCC(C)(O)CN1CCOCC1.I. The number of hydrogen-bond acceptors (Lipinski definition) is 5. The molecule has 0 bridgehead atoms. The molecule has 0 spiro atoms. The molecule has 1 aliphatic heterocycles. The average Bonchev–Trinajstić information content (AvgIpc) is 3.00. The van der Waals surface area contributed by atoms with E-state index in [0.29, 0.717) is 56.7 Å². The van der Waals surface area contributed by atoms with Crippen LogP contribution < -0.4 is 10.6 Å². The number of hydrogen-bond donors (Lipinski definition) is 3. The molecule has 3 rings (SSSR count). The molecule has 1 saturated heterocycles. The molecule has 0 amide bonds. The number of fused-ring (bicyclic) bond motifs is 1. The van der Waals surface area contributed by atoms with Gasteiger partial charge in [-0.1, -0.05) is 0 Å². The molecule has 1 aromatic heterocycles. The molecule has 0 aliphatic carbocycles. The zero-order valence-electron chi connectivity index (χ0n) is 17.8. The minimum Gasteiger partial charge on any atom is -0.459 e. The second-order valence-corrected chi connectivity index (χ2v) is 7.72. The van der Waals surface area contributed by atoms with Gasteiger partial charge in [0.25, 0.3) is 0 Å². The van der Waals surface area contributed by atoms with Crippen molar-refractivity contribution >= 4 is 40.9 Å². The highest BCUT2D eigenvalue weighted by atomic mass is 127. The van der Waals surface area contributed by atoms with E-state index < -0.39 is 5.60 Å². The summed E-state index contributed by atoms with van der Waals surface area (Å²) in [5.41, 5.74) is 0.638. The fraction of sp³-hybridized carbons (Fsp3) is 0.571. The van der Waals surface area contributed by atoms with Crippen LogP contribution in [0.5, 0.6) is 0 Å². The van der Waals surface area contributed by atoms with Crippen molar-refractivity contribution in [3.05, 3.63) is 35.3 Å². The van der Waals surface area contributed by atoms with Crippen LogP contribution in [0.4, 0.5) is 4.39 Å². The van der Waals surface area contributed by atoms with E-state index in [-0.39, 0.29) is 29.8 Å². The van der Waals surface area contributed by atoms with Crippen LogP contribution in [0.1, 0.15) is 25.2 Å². The first kappa shape index (κ1) is 24.8. The molecule has 1 unspecified atom stereocenters. The summed E-state index contributed by atoms with van der Waals surface area (Å²) in [5, 5.41) is 17.9. The maximum atomic E-state index is 13.5. The van der Waals surface area contributed by atoms with E-state index in [1.54, 1.807) is 6.07 Å². The number of halogens is 2. The highest BCUT2D eigenvalue weighted by Gasteiger charge is 2.25. The Morgan fingerprint density at radius 2 is 2.03 bits per heavy atom. The van der Waals surface area contributed by atoms with E-state index in [2.05, 4.69) is 20.5 Å². The molecule has 7 nitrogen and oxygen atoms in total. The van der Waals surface area contributed by atoms with Crippen LogP contribution in [0.25, 0.3) is 11.0 Å². The number of nitrogens with one attached hydrogen (secondary N) is 2. The van der Waals surface area contributed by atoms with Crippen LogP contribution in [-0.4, -0.2) is 67.5 Å². The van der Waals surface area contributed by atoms with Gasteiger partial charge in [0.05, 0.1) is 18.8 Å². The lowest BCUT2D eigenvalue weighted by Gasteiger charge is -2.34. The lowest BCUT2D eigenvalue weighted by Crippen LogP contribution is -2.52. The molecule has 0 saturated carbocycles. The monoisotopic (exact) mass is 534 g/mol. The van der Waals surface area contributed by atoms with Crippen LogP contribution >= 0.6 is 24.0 Å². The summed E-state index contributed by atoms with van der Waals surface area (Å²) in [6, 6.07) is 4.51. The van der Waals surface area contributed by atoms with Crippen molar-refractivity contribution in [2.24, 2.45) is 4.99 Å². The third kappa shape index (κ3) is 6.79. The van der Waals surface area contributed by atoms with E-state index >= 15 is 0 Å².